The second-order valence-electron chi connectivity index (χ2n) is 9.93. The Kier molecular flexibility index (Phi) is 7.31. The molecule has 39 heavy (non-hydrogen) atoms. The van der Waals surface area contributed by atoms with Crippen LogP contribution >= 0.6 is 0 Å². The van der Waals surface area contributed by atoms with Gasteiger partial charge in [0, 0.05) is 64.4 Å². The number of hydrogen-bond donors (Lipinski definition) is 2. The molecule has 1 saturated heterocycles. The van der Waals surface area contributed by atoms with Gasteiger partial charge in [0.25, 0.3) is 0 Å². The van der Waals surface area contributed by atoms with E-state index >= 15 is 0 Å². The van der Waals surface area contributed by atoms with Crippen LogP contribution in [0.3, 0.4) is 0 Å². The molecule has 13 heteroatoms. The van der Waals surface area contributed by atoms with Crippen LogP contribution in [0.25, 0.3) is 0 Å². The summed E-state index contributed by atoms with van der Waals surface area (Å²) >= 11 is 0. The minimum absolute atomic E-state index is 0.0860. The highest BCUT2D eigenvalue weighted by Crippen LogP contribution is 2.38. The number of aryl methyl sites for hydroxylation is 1. The smallest absolute Gasteiger partial charge is 0.325 e. The van der Waals surface area contributed by atoms with Crippen LogP contribution < -0.4 is 10.7 Å². The average Bonchev–Trinajstić information content (AvgIpc) is 3.34. The van der Waals surface area contributed by atoms with Crippen LogP contribution in [0, 0.1) is 5.82 Å². The van der Waals surface area contributed by atoms with E-state index in [2.05, 4.69) is 30.7 Å². The second-order valence-corrected chi connectivity index (χ2v) is 9.93. The zero-order valence-corrected chi connectivity index (χ0v) is 21.8. The van der Waals surface area contributed by atoms with Gasteiger partial charge in [0.15, 0.2) is 0 Å². The van der Waals surface area contributed by atoms with Gasteiger partial charge in [0.2, 0.25) is 0 Å². The van der Waals surface area contributed by atoms with Gasteiger partial charge in [-0.3, -0.25) is 14.6 Å². The number of anilines is 1. The van der Waals surface area contributed by atoms with Crippen molar-refractivity contribution in [2.45, 2.75) is 37.3 Å². The summed E-state index contributed by atoms with van der Waals surface area (Å²) in [4.78, 5) is 21.0. The SMILES string of the molecule is CN1NC(c2ccnn2C)c2ccncc2C1N1CCC(N(C)C(=O)Nc2ccc(F)cc2C(F)(F)F)CC1. The number of halogens is 4. The number of aromatic nitrogens is 3. The molecule has 2 N–H and O–H groups in total. The Morgan fingerprint density at radius 3 is 2.51 bits per heavy atom. The third-order valence-corrected chi connectivity index (χ3v) is 7.57. The van der Waals surface area contributed by atoms with Crippen molar-refractivity contribution in [3.63, 3.8) is 0 Å². The van der Waals surface area contributed by atoms with Gasteiger partial charge in [-0.1, -0.05) is 0 Å². The van der Waals surface area contributed by atoms with Gasteiger partial charge in [-0.05, 0) is 48.7 Å². The molecule has 2 atom stereocenters. The summed E-state index contributed by atoms with van der Waals surface area (Å²) in [5, 5.41) is 8.68. The van der Waals surface area contributed by atoms with Crippen LogP contribution in [0.1, 0.15) is 47.4 Å². The first-order chi connectivity index (χ1) is 18.5. The highest BCUT2D eigenvalue weighted by atomic mass is 19.4. The molecule has 2 aliphatic heterocycles. The Hall–Kier alpha value is -3.55. The molecule has 0 aliphatic carbocycles. The van der Waals surface area contributed by atoms with E-state index in [1.165, 1.54) is 4.90 Å². The van der Waals surface area contributed by atoms with E-state index in [1.807, 2.05) is 37.1 Å². The third kappa shape index (κ3) is 5.34. The average molecular weight is 547 g/mol. The van der Waals surface area contributed by atoms with Crippen LogP contribution in [0.4, 0.5) is 28.0 Å². The van der Waals surface area contributed by atoms with Gasteiger partial charge in [-0.2, -0.15) is 18.3 Å². The Bertz CT molecular complexity index is 1340. The number of benzene rings is 1. The normalized spacial score (nSPS) is 21.0. The van der Waals surface area contributed by atoms with Crippen molar-refractivity contribution in [3.8, 4) is 0 Å². The molecular formula is C26H30F4N8O. The fourth-order valence-electron chi connectivity index (χ4n) is 5.53. The van der Waals surface area contributed by atoms with Crippen LogP contribution in [-0.4, -0.2) is 68.8 Å². The Morgan fingerprint density at radius 2 is 1.85 bits per heavy atom. The Morgan fingerprint density at radius 1 is 1.10 bits per heavy atom. The first-order valence-electron chi connectivity index (χ1n) is 12.6. The first kappa shape index (κ1) is 27.0. The second kappa shape index (κ2) is 10.5. The number of urea groups is 1. The zero-order chi connectivity index (χ0) is 27.9. The molecule has 0 radical (unpaired) electrons. The monoisotopic (exact) mass is 546 g/mol. The maximum atomic E-state index is 13.4. The number of carbonyl (C=O) groups is 1. The number of piperidine rings is 1. The lowest BCUT2D eigenvalue weighted by Gasteiger charge is -2.47. The van der Waals surface area contributed by atoms with Gasteiger partial charge in [-0.25, -0.2) is 19.6 Å². The van der Waals surface area contributed by atoms with E-state index in [-0.39, 0.29) is 18.2 Å². The molecule has 2 aromatic heterocycles. The summed E-state index contributed by atoms with van der Waals surface area (Å²) < 4.78 is 55.4. The number of amides is 2. The predicted octanol–water partition coefficient (Wildman–Crippen LogP) is 4.14. The largest absolute Gasteiger partial charge is 0.418 e. The molecule has 208 valence electrons. The summed E-state index contributed by atoms with van der Waals surface area (Å²) in [5.74, 6) is -1.02. The van der Waals surface area contributed by atoms with Crippen molar-refractivity contribution >= 4 is 11.7 Å². The first-order valence-corrected chi connectivity index (χ1v) is 12.6. The summed E-state index contributed by atoms with van der Waals surface area (Å²) in [5.41, 5.74) is 5.09. The summed E-state index contributed by atoms with van der Waals surface area (Å²) in [6.07, 6.45) is 1.79. The number of carbonyl (C=O) groups excluding carboxylic acids is 1. The molecular weight excluding hydrogens is 516 g/mol. The predicted molar refractivity (Wildman–Crippen MR) is 136 cm³/mol. The van der Waals surface area contributed by atoms with Crippen molar-refractivity contribution in [1.82, 2.24) is 35.0 Å². The van der Waals surface area contributed by atoms with Crippen molar-refractivity contribution in [2.75, 3.05) is 32.5 Å². The number of fused-ring (bicyclic) bond motifs is 1. The highest BCUT2D eigenvalue weighted by molar-refractivity contribution is 5.90. The number of hydrogen-bond acceptors (Lipinski definition) is 6. The van der Waals surface area contributed by atoms with E-state index in [0.717, 1.165) is 29.0 Å². The van der Waals surface area contributed by atoms with Crippen LogP contribution in [0.5, 0.6) is 0 Å². The van der Waals surface area contributed by atoms with E-state index in [0.29, 0.717) is 32.0 Å². The fraction of sp³-hybridized carbons (Fsp3) is 0.423. The quantitative estimate of drug-likeness (QED) is 0.479. The third-order valence-electron chi connectivity index (χ3n) is 7.57. The molecule has 1 fully saturated rings. The van der Waals surface area contributed by atoms with Crippen molar-refractivity contribution in [3.05, 3.63) is 77.1 Å². The molecule has 2 amide bonds. The van der Waals surface area contributed by atoms with Crippen molar-refractivity contribution in [1.29, 1.82) is 0 Å². The van der Waals surface area contributed by atoms with E-state index in [4.69, 9.17) is 0 Å². The number of likely N-dealkylation sites (tertiary alicyclic amines) is 1. The lowest BCUT2D eigenvalue weighted by molar-refractivity contribution is -0.137. The lowest BCUT2D eigenvalue weighted by atomic mass is 9.94. The minimum Gasteiger partial charge on any atom is -0.325 e. The molecule has 4 heterocycles. The molecule has 0 saturated carbocycles. The molecule has 0 spiro atoms. The molecule has 5 rings (SSSR count). The number of alkyl halides is 3. The molecule has 0 bridgehead atoms. The number of pyridine rings is 1. The summed E-state index contributed by atoms with van der Waals surface area (Å²) in [6, 6.07) is 5.27. The number of nitrogens with one attached hydrogen (secondary N) is 2. The minimum atomic E-state index is -4.80. The van der Waals surface area contributed by atoms with Gasteiger partial charge < -0.3 is 10.2 Å². The molecule has 9 nitrogen and oxygen atoms in total. The molecule has 2 aliphatic rings. The maximum Gasteiger partial charge on any atom is 0.418 e. The maximum absolute atomic E-state index is 13.4. The molecule has 3 aromatic rings. The number of nitrogens with zero attached hydrogens (tertiary/aromatic N) is 6. The molecule has 1 aromatic carbocycles. The fourth-order valence-corrected chi connectivity index (χ4v) is 5.53. The van der Waals surface area contributed by atoms with Gasteiger partial charge in [-0.15, -0.1) is 0 Å². The molecule has 2 unspecified atom stereocenters. The van der Waals surface area contributed by atoms with E-state index < -0.39 is 29.3 Å². The van der Waals surface area contributed by atoms with Crippen molar-refractivity contribution in [2.24, 2.45) is 7.05 Å². The van der Waals surface area contributed by atoms with Gasteiger partial charge >= 0.3 is 12.2 Å². The van der Waals surface area contributed by atoms with Crippen LogP contribution in [0.15, 0.2) is 48.9 Å². The Labute approximate surface area is 223 Å². The standard InChI is InChI=1S/C26H30F4N8O/c1-35(25(39)33-21-5-4-16(27)14-20(21)26(28,29)30)17-8-12-38(13-9-17)24-19-15-31-10-6-18(19)23(34-37(24)3)22-7-11-32-36(22)2/h4-7,10-11,14-15,17,23-24,34H,8-9,12-13H2,1-3H3,(H,33,39). The Balaban J connectivity index is 1.27. The van der Waals surface area contributed by atoms with E-state index in [9.17, 15) is 22.4 Å². The topological polar surface area (TPSA) is 81.6 Å². The van der Waals surface area contributed by atoms with E-state index in [1.54, 1.807) is 19.4 Å². The highest BCUT2D eigenvalue weighted by Gasteiger charge is 2.39. The number of rotatable bonds is 4. The van der Waals surface area contributed by atoms with Crippen molar-refractivity contribution < 1.29 is 22.4 Å². The lowest BCUT2D eigenvalue weighted by Crippen LogP contribution is -2.55. The number of hydrazine groups is 1. The summed E-state index contributed by atoms with van der Waals surface area (Å²) in [7, 11) is 5.45. The van der Waals surface area contributed by atoms with Crippen LogP contribution in [0.2, 0.25) is 0 Å². The zero-order valence-electron chi connectivity index (χ0n) is 21.8. The van der Waals surface area contributed by atoms with Gasteiger partial charge in [0.1, 0.15) is 12.0 Å². The van der Waals surface area contributed by atoms with Crippen LogP contribution in [-0.2, 0) is 13.2 Å². The van der Waals surface area contributed by atoms with Gasteiger partial charge in [0.05, 0.1) is 23.0 Å². The summed E-state index contributed by atoms with van der Waals surface area (Å²) in [6.45, 7) is 1.32.